The van der Waals surface area contributed by atoms with E-state index in [1.807, 2.05) is 0 Å². The summed E-state index contributed by atoms with van der Waals surface area (Å²) in [7, 11) is 3.00. The summed E-state index contributed by atoms with van der Waals surface area (Å²) in [5.41, 5.74) is 5.32. The maximum atomic E-state index is 13.8. The number of aromatic hydroxyl groups is 1. The van der Waals surface area contributed by atoms with Gasteiger partial charge in [-0.3, -0.25) is 28.9 Å². The summed E-state index contributed by atoms with van der Waals surface area (Å²) >= 11 is 0. The van der Waals surface area contributed by atoms with Gasteiger partial charge >= 0.3 is 0 Å². The number of nitrogen functional groups attached to an aromatic ring is 1. The molecule has 0 aliphatic heterocycles. The van der Waals surface area contributed by atoms with Crippen molar-refractivity contribution >= 4 is 28.9 Å². The molecular weight excluding hydrogens is 486 g/mol. The van der Waals surface area contributed by atoms with Crippen LogP contribution in [0.2, 0.25) is 0 Å². The van der Waals surface area contributed by atoms with Gasteiger partial charge in [-0.15, -0.1) is 0 Å². The Morgan fingerprint density at radius 2 is 1.70 bits per heavy atom. The van der Waals surface area contributed by atoms with Gasteiger partial charge in [-0.25, -0.2) is 0 Å². The fourth-order valence-corrected chi connectivity index (χ4v) is 6.15. The van der Waals surface area contributed by atoms with Crippen molar-refractivity contribution in [2.75, 3.05) is 19.8 Å². The molecule has 4 atom stereocenters. The van der Waals surface area contributed by atoms with Crippen LogP contribution < -0.4 is 22.3 Å². The normalized spacial score (nSPS) is 27.4. The molecule has 192 valence electrons. The Morgan fingerprint density at radius 1 is 1.05 bits per heavy atom. The SMILES string of the molecule is CN(C)[C@@H]1C(=O)C(C(N)=O)=C(O)[C@@]2(O)C(=O)C3=C(O)c4c(O)ccc(-c5c(N)c(=O)c5=O)c4CC3CC12. The third kappa shape index (κ3) is 2.87. The third-order valence-corrected chi connectivity index (χ3v) is 7.82. The van der Waals surface area contributed by atoms with Crippen molar-refractivity contribution in [1.29, 1.82) is 0 Å². The van der Waals surface area contributed by atoms with Gasteiger partial charge in [0.1, 0.15) is 22.8 Å². The molecule has 12 heteroatoms. The zero-order chi connectivity index (χ0) is 27.3. The minimum Gasteiger partial charge on any atom is -0.508 e. The van der Waals surface area contributed by atoms with Crippen LogP contribution in [0.5, 0.6) is 5.75 Å². The van der Waals surface area contributed by atoms with E-state index in [0.29, 0.717) is 0 Å². The topological polar surface area (TPSA) is 222 Å². The molecule has 0 saturated heterocycles. The average molecular weight is 509 g/mol. The van der Waals surface area contributed by atoms with Crippen molar-refractivity contribution in [3.63, 3.8) is 0 Å². The van der Waals surface area contributed by atoms with Crippen molar-refractivity contribution in [3.05, 3.63) is 60.6 Å². The van der Waals surface area contributed by atoms with E-state index in [0.717, 1.165) is 6.07 Å². The van der Waals surface area contributed by atoms with Crippen molar-refractivity contribution < 1.29 is 34.8 Å². The number of amides is 1. The van der Waals surface area contributed by atoms with Gasteiger partial charge in [0.2, 0.25) is 16.6 Å². The Hall–Kier alpha value is -4.29. The molecule has 5 rings (SSSR count). The molecule has 0 spiro atoms. The third-order valence-electron chi connectivity index (χ3n) is 7.82. The first-order chi connectivity index (χ1) is 17.2. The fourth-order valence-electron chi connectivity index (χ4n) is 6.15. The van der Waals surface area contributed by atoms with Crippen LogP contribution in [0.15, 0.2) is 38.6 Å². The number of anilines is 1. The number of likely N-dealkylation sites (N-methyl/N-ethyl adjacent to an activating group) is 1. The van der Waals surface area contributed by atoms with E-state index in [4.69, 9.17) is 11.5 Å². The molecule has 37 heavy (non-hydrogen) atoms. The van der Waals surface area contributed by atoms with E-state index in [2.05, 4.69) is 0 Å². The molecule has 3 aliphatic carbocycles. The Kier molecular flexibility index (Phi) is 5.02. The van der Waals surface area contributed by atoms with Gasteiger partial charge in [0.15, 0.2) is 11.4 Å². The lowest BCUT2D eigenvalue weighted by Gasteiger charge is -2.50. The van der Waals surface area contributed by atoms with E-state index in [-0.39, 0.29) is 46.4 Å². The molecule has 0 heterocycles. The van der Waals surface area contributed by atoms with Gasteiger partial charge in [0.05, 0.1) is 22.9 Å². The highest BCUT2D eigenvalue weighted by molar-refractivity contribution is 6.24. The first kappa shape index (κ1) is 24.4. The summed E-state index contributed by atoms with van der Waals surface area (Å²) in [4.78, 5) is 64.3. The number of ketones is 2. The minimum absolute atomic E-state index is 0.0312. The zero-order valence-electron chi connectivity index (χ0n) is 19.7. The van der Waals surface area contributed by atoms with Crippen LogP contribution in [0.4, 0.5) is 5.69 Å². The van der Waals surface area contributed by atoms with Gasteiger partial charge in [-0.2, -0.15) is 0 Å². The lowest BCUT2D eigenvalue weighted by molar-refractivity contribution is -0.153. The first-order valence-electron chi connectivity index (χ1n) is 11.3. The molecule has 3 aliphatic rings. The number of aliphatic hydroxyl groups excluding tert-OH is 2. The van der Waals surface area contributed by atoms with Crippen molar-refractivity contribution in [2.45, 2.75) is 24.5 Å². The number of nitrogens with zero attached hydrogens (tertiary/aromatic N) is 1. The largest absolute Gasteiger partial charge is 0.508 e. The van der Waals surface area contributed by atoms with Crippen molar-refractivity contribution in [1.82, 2.24) is 4.90 Å². The van der Waals surface area contributed by atoms with Crippen molar-refractivity contribution in [3.8, 4) is 16.9 Å². The molecule has 0 bridgehead atoms. The number of aliphatic hydroxyl groups is 3. The molecular formula is C25H23N3O9. The molecule has 2 unspecified atom stereocenters. The lowest BCUT2D eigenvalue weighted by atomic mass is 9.57. The van der Waals surface area contributed by atoms with Crippen LogP contribution >= 0.6 is 0 Å². The van der Waals surface area contributed by atoms with E-state index in [1.165, 1.54) is 25.1 Å². The summed E-state index contributed by atoms with van der Waals surface area (Å²) in [6, 6.07) is 1.32. The molecule has 1 saturated carbocycles. The quantitative estimate of drug-likeness (QED) is 0.213. The number of primary amides is 1. The van der Waals surface area contributed by atoms with Crippen molar-refractivity contribution in [2.24, 2.45) is 17.6 Å². The van der Waals surface area contributed by atoms with Crippen LogP contribution in [0, 0.1) is 11.8 Å². The van der Waals surface area contributed by atoms with Gasteiger partial charge in [-0.1, -0.05) is 6.07 Å². The van der Waals surface area contributed by atoms with Gasteiger partial charge in [0.25, 0.3) is 5.91 Å². The summed E-state index contributed by atoms with van der Waals surface area (Å²) in [5.74, 6) is -7.71. The number of fused-ring (bicyclic) bond motifs is 3. The summed E-state index contributed by atoms with van der Waals surface area (Å²) in [6.07, 6.45) is -0.140. The second-order valence-corrected chi connectivity index (χ2v) is 9.89. The fraction of sp³-hybridized carbons (Fsp3) is 0.320. The monoisotopic (exact) mass is 509 g/mol. The molecule has 12 nitrogen and oxygen atoms in total. The predicted octanol–water partition coefficient (Wildman–Crippen LogP) is -1.19. The molecule has 1 fully saturated rings. The Balaban J connectivity index is 1.76. The maximum Gasteiger partial charge on any atom is 0.255 e. The van der Waals surface area contributed by atoms with E-state index in [1.54, 1.807) is 0 Å². The maximum absolute atomic E-state index is 13.8. The predicted molar refractivity (Wildman–Crippen MR) is 129 cm³/mol. The number of benzene rings is 1. The van der Waals surface area contributed by atoms with Gasteiger partial charge in [0, 0.05) is 11.5 Å². The van der Waals surface area contributed by atoms with Crippen LogP contribution in [0.3, 0.4) is 0 Å². The number of phenols is 1. The number of nitrogens with two attached hydrogens (primary N) is 2. The standard InChI is InChI=1S/C25H23N3O9/c1-28(2)17-10-6-7-5-9-8(14-16(26)21(33)20(14)32)3-4-11(29)13(9)18(30)12(7)22(34)25(10,37)23(35)15(19(17)31)24(27)36/h3-4,7,10,17,29-30,35,37H,5-6,26H2,1-2H3,(H2,27,36)/t7?,10?,17-,25-/m0/s1. The van der Waals surface area contributed by atoms with Crippen LogP contribution in [0.25, 0.3) is 16.9 Å². The smallest absolute Gasteiger partial charge is 0.255 e. The second kappa shape index (κ2) is 7.60. The summed E-state index contributed by atoms with van der Waals surface area (Å²) in [5, 5.41) is 44.2. The number of Topliss-reactive ketones (excluding diaryl/α,β-unsaturated/α-hetero) is 2. The number of carbonyl (C=O) groups is 3. The number of hydrogen-bond donors (Lipinski definition) is 6. The molecule has 1 amide bonds. The van der Waals surface area contributed by atoms with Crippen LogP contribution in [-0.2, 0) is 20.8 Å². The molecule has 2 aromatic carbocycles. The highest BCUT2D eigenvalue weighted by Gasteiger charge is 2.64. The Bertz CT molecular complexity index is 1590. The molecule has 2 aromatic rings. The van der Waals surface area contributed by atoms with E-state index >= 15 is 0 Å². The highest BCUT2D eigenvalue weighted by atomic mass is 16.3. The first-order valence-corrected chi connectivity index (χ1v) is 11.3. The Morgan fingerprint density at radius 3 is 2.27 bits per heavy atom. The average Bonchev–Trinajstić information content (AvgIpc) is 2.82. The van der Waals surface area contributed by atoms with Crippen LogP contribution in [0.1, 0.15) is 17.5 Å². The molecule has 0 radical (unpaired) electrons. The Labute approximate surface area is 208 Å². The number of phenolic OH excluding ortho intramolecular Hbond substituents is 1. The van der Waals surface area contributed by atoms with E-state index < -0.39 is 74.7 Å². The number of rotatable bonds is 3. The molecule has 0 aromatic heterocycles. The summed E-state index contributed by atoms with van der Waals surface area (Å²) < 4.78 is 0. The van der Waals surface area contributed by atoms with E-state index in [9.17, 15) is 44.4 Å². The van der Waals surface area contributed by atoms with Gasteiger partial charge < -0.3 is 31.9 Å². The molecule has 8 N–H and O–H groups in total. The lowest BCUT2D eigenvalue weighted by Crippen LogP contribution is -2.65. The minimum atomic E-state index is -2.75. The number of carbonyl (C=O) groups excluding carboxylic acids is 3. The number of hydrogen-bond acceptors (Lipinski definition) is 11. The summed E-state index contributed by atoms with van der Waals surface area (Å²) in [6.45, 7) is 0. The van der Waals surface area contributed by atoms with Gasteiger partial charge in [-0.05, 0) is 50.0 Å². The highest BCUT2D eigenvalue weighted by Crippen LogP contribution is 2.53. The van der Waals surface area contributed by atoms with Crippen LogP contribution in [-0.4, -0.2) is 68.5 Å². The zero-order valence-corrected chi connectivity index (χ0v) is 19.7. The second-order valence-electron chi connectivity index (χ2n) is 9.89.